The van der Waals surface area contributed by atoms with Crippen LogP contribution in [0.3, 0.4) is 0 Å². The van der Waals surface area contributed by atoms with Crippen LogP contribution in [-0.2, 0) is 0 Å². The molecule has 0 aliphatic rings. The number of nitrogens with zero attached hydrogens (tertiary/aromatic N) is 5. The molecule has 0 aliphatic heterocycles. The van der Waals surface area contributed by atoms with E-state index in [0.717, 1.165) is 55.9 Å². The normalized spacial score (nSPS) is 12.0. The molecule has 0 saturated heterocycles. The van der Waals surface area contributed by atoms with E-state index in [9.17, 15) is 0 Å². The van der Waals surface area contributed by atoms with Crippen LogP contribution in [0.4, 0.5) is 0 Å². The van der Waals surface area contributed by atoms with E-state index in [1.165, 1.54) is 48.9 Å². The Morgan fingerprint density at radius 3 is 1.49 bits per heavy atom. The van der Waals surface area contributed by atoms with Gasteiger partial charge in [0.1, 0.15) is 0 Å². The zero-order chi connectivity index (χ0) is 36.0. The van der Waals surface area contributed by atoms with Crippen LogP contribution in [0.15, 0.2) is 188 Å². The van der Waals surface area contributed by atoms with Crippen LogP contribution in [0, 0.1) is 0 Å². The third-order valence-electron chi connectivity index (χ3n) is 11.2. The van der Waals surface area contributed by atoms with Crippen LogP contribution in [0.2, 0.25) is 0 Å². The highest BCUT2D eigenvalue weighted by Crippen LogP contribution is 2.41. The maximum absolute atomic E-state index is 5.01. The van der Waals surface area contributed by atoms with Gasteiger partial charge < -0.3 is 13.7 Å². The van der Waals surface area contributed by atoms with Gasteiger partial charge in [-0.15, -0.1) is 0 Å². The third kappa shape index (κ3) is 4.41. The summed E-state index contributed by atoms with van der Waals surface area (Å²) in [6, 6.07) is 65.4. The predicted octanol–water partition coefficient (Wildman–Crippen LogP) is 12.6. The summed E-state index contributed by atoms with van der Waals surface area (Å²) in [4.78, 5) is 9.75. The molecule has 0 spiro atoms. The molecule has 0 N–H and O–H groups in total. The van der Waals surface area contributed by atoms with Crippen molar-refractivity contribution in [3.05, 3.63) is 188 Å². The average molecular weight is 702 g/mol. The number of fused-ring (bicyclic) bond motifs is 10. The van der Waals surface area contributed by atoms with Gasteiger partial charge in [0.25, 0.3) is 0 Å². The van der Waals surface area contributed by atoms with E-state index in [1.54, 1.807) is 0 Å². The van der Waals surface area contributed by atoms with Crippen LogP contribution in [0.1, 0.15) is 0 Å². The SMILES string of the molecule is c1ccc(-n2c3ccc(-c4cnc5ccccc5n4)cc3c3cc4c5ccccc5n(-c5cccc(-n6c7ccccc7c7ccccc76)c5)c4cc32)cc1. The molecule has 256 valence electrons. The second-order valence-corrected chi connectivity index (χ2v) is 14.3. The molecule has 0 amide bonds. The fourth-order valence-corrected chi connectivity index (χ4v) is 8.84. The zero-order valence-electron chi connectivity index (χ0n) is 29.6. The standard InChI is InChI=1S/C50H31N5/c1-2-13-33(14-3-1)53-48-26-25-32(44-31-51-42-20-7-8-21-43(42)52-44)27-39(48)41-29-40-38-19-6-11-24-47(38)55(49(40)30-50(41)53)35-16-12-15-34(28-35)54-45-22-9-4-17-36(45)37-18-5-10-23-46(37)54/h1-31H. The van der Waals surface area contributed by atoms with Crippen LogP contribution in [-0.4, -0.2) is 23.7 Å². The fraction of sp³-hybridized carbons (Fsp3) is 0. The third-order valence-corrected chi connectivity index (χ3v) is 11.2. The fourth-order valence-electron chi connectivity index (χ4n) is 8.84. The van der Waals surface area contributed by atoms with Gasteiger partial charge in [0.2, 0.25) is 0 Å². The number of rotatable bonds is 4. The number of hydrogen-bond acceptors (Lipinski definition) is 2. The molecular formula is C50H31N5. The van der Waals surface area contributed by atoms with E-state index in [0.29, 0.717) is 0 Å². The second-order valence-electron chi connectivity index (χ2n) is 14.3. The van der Waals surface area contributed by atoms with Crippen molar-refractivity contribution in [2.24, 2.45) is 0 Å². The Balaban J connectivity index is 1.13. The molecule has 0 bridgehead atoms. The van der Waals surface area contributed by atoms with Crippen molar-refractivity contribution >= 4 is 76.5 Å². The molecule has 0 saturated carbocycles. The van der Waals surface area contributed by atoms with Gasteiger partial charge in [-0.1, -0.05) is 97.1 Å². The lowest BCUT2D eigenvalue weighted by Crippen LogP contribution is -1.99. The summed E-state index contributed by atoms with van der Waals surface area (Å²) in [7, 11) is 0. The molecule has 55 heavy (non-hydrogen) atoms. The first-order valence-corrected chi connectivity index (χ1v) is 18.7. The lowest BCUT2D eigenvalue weighted by molar-refractivity contribution is 1.13. The average Bonchev–Trinajstić information content (AvgIpc) is 3.88. The first-order valence-electron chi connectivity index (χ1n) is 18.7. The maximum atomic E-state index is 5.01. The molecule has 4 aromatic heterocycles. The van der Waals surface area contributed by atoms with Crippen molar-refractivity contribution in [2.45, 2.75) is 0 Å². The number of hydrogen-bond donors (Lipinski definition) is 0. The maximum Gasteiger partial charge on any atom is 0.0894 e. The molecule has 0 unspecified atom stereocenters. The van der Waals surface area contributed by atoms with Crippen LogP contribution >= 0.6 is 0 Å². The minimum Gasteiger partial charge on any atom is -0.309 e. The zero-order valence-corrected chi connectivity index (χ0v) is 29.6. The minimum atomic E-state index is 0.863. The smallest absolute Gasteiger partial charge is 0.0894 e. The van der Waals surface area contributed by atoms with Gasteiger partial charge in [0, 0.05) is 54.9 Å². The Morgan fingerprint density at radius 1 is 0.309 bits per heavy atom. The molecule has 5 nitrogen and oxygen atoms in total. The molecule has 12 rings (SSSR count). The van der Waals surface area contributed by atoms with E-state index < -0.39 is 0 Å². The summed E-state index contributed by atoms with van der Waals surface area (Å²) >= 11 is 0. The first-order chi connectivity index (χ1) is 27.3. The van der Waals surface area contributed by atoms with Gasteiger partial charge in [-0.05, 0) is 84.9 Å². The van der Waals surface area contributed by atoms with Crippen molar-refractivity contribution in [3.8, 4) is 28.3 Å². The molecule has 0 fully saturated rings. The van der Waals surface area contributed by atoms with E-state index >= 15 is 0 Å². The number of para-hydroxylation sites is 6. The summed E-state index contributed by atoms with van der Waals surface area (Å²) < 4.78 is 7.23. The summed E-state index contributed by atoms with van der Waals surface area (Å²) in [6.45, 7) is 0. The lowest BCUT2D eigenvalue weighted by atomic mass is 10.1. The molecule has 4 heterocycles. The first kappa shape index (κ1) is 30.0. The Labute approximate surface area is 315 Å². The van der Waals surface area contributed by atoms with Crippen LogP contribution < -0.4 is 0 Å². The van der Waals surface area contributed by atoms with E-state index in [4.69, 9.17) is 9.97 Å². The van der Waals surface area contributed by atoms with E-state index in [1.807, 2.05) is 30.5 Å². The van der Waals surface area contributed by atoms with Gasteiger partial charge in [-0.25, -0.2) is 4.98 Å². The van der Waals surface area contributed by atoms with Gasteiger partial charge in [-0.3, -0.25) is 4.98 Å². The highest BCUT2D eigenvalue weighted by molar-refractivity contribution is 6.19. The molecular weight excluding hydrogens is 671 g/mol. The lowest BCUT2D eigenvalue weighted by Gasteiger charge is -2.13. The molecule has 8 aromatic carbocycles. The molecule has 5 heteroatoms. The molecule has 12 aromatic rings. The summed E-state index contributed by atoms with van der Waals surface area (Å²) in [5.74, 6) is 0. The van der Waals surface area contributed by atoms with Gasteiger partial charge in [0.15, 0.2) is 0 Å². The summed E-state index contributed by atoms with van der Waals surface area (Å²) in [5.41, 5.74) is 14.1. The van der Waals surface area contributed by atoms with E-state index in [-0.39, 0.29) is 0 Å². The Bertz CT molecular complexity index is 3440. The van der Waals surface area contributed by atoms with Crippen molar-refractivity contribution in [3.63, 3.8) is 0 Å². The van der Waals surface area contributed by atoms with Gasteiger partial charge >= 0.3 is 0 Å². The largest absolute Gasteiger partial charge is 0.309 e. The Hall–Kier alpha value is -7.50. The quantitative estimate of drug-likeness (QED) is 0.183. The topological polar surface area (TPSA) is 40.6 Å². The van der Waals surface area contributed by atoms with Gasteiger partial charge in [0.05, 0.1) is 56.0 Å². The number of aromatic nitrogens is 5. The monoisotopic (exact) mass is 701 g/mol. The van der Waals surface area contributed by atoms with Crippen molar-refractivity contribution in [2.75, 3.05) is 0 Å². The minimum absolute atomic E-state index is 0.863. The number of benzene rings is 8. The Kier molecular flexibility index (Phi) is 6.27. The molecule has 0 atom stereocenters. The summed E-state index contributed by atoms with van der Waals surface area (Å²) in [5, 5.41) is 7.33. The van der Waals surface area contributed by atoms with Crippen molar-refractivity contribution < 1.29 is 0 Å². The van der Waals surface area contributed by atoms with Crippen molar-refractivity contribution in [1.82, 2.24) is 23.7 Å². The second kappa shape index (κ2) is 11.5. The van der Waals surface area contributed by atoms with Gasteiger partial charge in [-0.2, -0.15) is 0 Å². The van der Waals surface area contributed by atoms with Crippen LogP contribution in [0.25, 0.3) is 105 Å². The molecule has 0 radical (unpaired) electrons. The highest BCUT2D eigenvalue weighted by Gasteiger charge is 2.20. The van der Waals surface area contributed by atoms with E-state index in [2.05, 4.69) is 171 Å². The van der Waals surface area contributed by atoms with Crippen LogP contribution in [0.5, 0.6) is 0 Å². The summed E-state index contributed by atoms with van der Waals surface area (Å²) in [6.07, 6.45) is 1.89. The van der Waals surface area contributed by atoms with Crippen molar-refractivity contribution in [1.29, 1.82) is 0 Å². The molecule has 0 aliphatic carbocycles. The highest BCUT2D eigenvalue weighted by atomic mass is 15.0. The predicted molar refractivity (Wildman–Crippen MR) is 228 cm³/mol. The Morgan fingerprint density at radius 2 is 0.800 bits per heavy atom.